The van der Waals surface area contributed by atoms with E-state index in [0.29, 0.717) is 13.0 Å². The maximum atomic E-state index is 12.2. The lowest BCUT2D eigenvalue weighted by atomic mass is 9.96. The van der Waals surface area contributed by atoms with E-state index < -0.39 is 0 Å². The summed E-state index contributed by atoms with van der Waals surface area (Å²) in [5, 5.41) is 14.6. The van der Waals surface area contributed by atoms with E-state index in [9.17, 15) is 9.59 Å². The van der Waals surface area contributed by atoms with E-state index in [1.165, 1.54) is 0 Å². The Hall–Kier alpha value is -1.92. The van der Waals surface area contributed by atoms with Crippen LogP contribution in [0.2, 0.25) is 0 Å². The quantitative estimate of drug-likeness (QED) is 0.617. The molecule has 1 rings (SSSR count). The van der Waals surface area contributed by atoms with Gasteiger partial charge in [-0.05, 0) is 43.7 Å². The Morgan fingerprint density at radius 1 is 1.07 bits per heavy atom. The lowest BCUT2D eigenvalue weighted by Crippen LogP contribution is -2.43. The highest BCUT2D eigenvalue weighted by Gasteiger charge is 2.19. The molecule has 6 heteroatoms. The minimum absolute atomic E-state index is 0.0492. The van der Waals surface area contributed by atoms with Gasteiger partial charge >= 0.3 is 0 Å². The van der Waals surface area contributed by atoms with Gasteiger partial charge in [0.1, 0.15) is 0 Å². The molecule has 0 bridgehead atoms. The Morgan fingerprint density at radius 3 is 2.19 bits per heavy atom. The number of benzene rings is 1. The molecule has 0 fully saturated rings. The summed E-state index contributed by atoms with van der Waals surface area (Å²) >= 11 is 0. The molecule has 0 radical (unpaired) electrons. The van der Waals surface area contributed by atoms with Crippen molar-refractivity contribution in [3.05, 3.63) is 28.8 Å². The number of carbonyl (C=O) groups is 2. The highest BCUT2D eigenvalue weighted by atomic mass is 16.3. The second-order valence-corrected chi connectivity index (χ2v) is 8.45. The molecule has 27 heavy (non-hydrogen) atoms. The van der Waals surface area contributed by atoms with Gasteiger partial charge in [-0.1, -0.05) is 38.5 Å². The number of aliphatic hydroxyl groups excluding tert-OH is 1. The van der Waals surface area contributed by atoms with Crippen LogP contribution in [0, 0.1) is 26.2 Å². The Kier molecular flexibility index (Phi) is 8.93. The summed E-state index contributed by atoms with van der Waals surface area (Å²) in [4.78, 5) is 26.5. The summed E-state index contributed by atoms with van der Waals surface area (Å²) in [5.41, 5.74) is 4.02. The van der Waals surface area contributed by atoms with E-state index in [0.717, 1.165) is 28.9 Å². The Balaban J connectivity index is 2.55. The van der Waals surface area contributed by atoms with Crippen LogP contribution in [0.3, 0.4) is 0 Å². The lowest BCUT2D eigenvalue weighted by Gasteiger charge is -2.29. The highest BCUT2D eigenvalue weighted by Crippen LogP contribution is 2.21. The molecule has 0 saturated heterocycles. The third-order valence-electron chi connectivity index (χ3n) is 4.09. The number of nitrogens with one attached hydrogen (secondary N) is 2. The zero-order valence-electron chi connectivity index (χ0n) is 17.6. The number of anilines is 1. The second kappa shape index (κ2) is 10.4. The van der Waals surface area contributed by atoms with Crippen molar-refractivity contribution >= 4 is 17.5 Å². The Morgan fingerprint density at radius 2 is 1.67 bits per heavy atom. The van der Waals surface area contributed by atoms with Crippen LogP contribution in [0.25, 0.3) is 0 Å². The van der Waals surface area contributed by atoms with E-state index >= 15 is 0 Å². The van der Waals surface area contributed by atoms with Crippen LogP contribution in [-0.2, 0) is 9.59 Å². The zero-order chi connectivity index (χ0) is 20.6. The number of hydrogen-bond acceptors (Lipinski definition) is 4. The van der Waals surface area contributed by atoms with Crippen molar-refractivity contribution in [2.45, 2.75) is 48.0 Å². The van der Waals surface area contributed by atoms with Crippen molar-refractivity contribution in [1.29, 1.82) is 0 Å². The average molecular weight is 378 g/mol. The molecule has 0 unspecified atom stereocenters. The normalized spacial score (nSPS) is 11.6. The maximum Gasteiger partial charge on any atom is 0.243 e. The van der Waals surface area contributed by atoms with E-state index in [2.05, 4.69) is 31.4 Å². The maximum absolute atomic E-state index is 12.2. The minimum Gasteiger partial charge on any atom is -0.396 e. The molecule has 0 aliphatic carbocycles. The van der Waals surface area contributed by atoms with Gasteiger partial charge in [0, 0.05) is 25.4 Å². The smallest absolute Gasteiger partial charge is 0.243 e. The van der Waals surface area contributed by atoms with Gasteiger partial charge in [0.15, 0.2) is 0 Å². The van der Waals surface area contributed by atoms with Gasteiger partial charge in [0.2, 0.25) is 11.8 Å². The van der Waals surface area contributed by atoms with Crippen LogP contribution in [0.5, 0.6) is 0 Å². The molecule has 152 valence electrons. The highest BCUT2D eigenvalue weighted by molar-refractivity contribution is 5.96. The predicted molar refractivity (Wildman–Crippen MR) is 110 cm³/mol. The first-order valence-corrected chi connectivity index (χ1v) is 9.49. The molecule has 1 aromatic carbocycles. The first-order chi connectivity index (χ1) is 12.5. The molecule has 0 aliphatic heterocycles. The monoisotopic (exact) mass is 377 g/mol. The summed E-state index contributed by atoms with van der Waals surface area (Å²) in [6.45, 7) is 13.9. The fourth-order valence-corrected chi connectivity index (χ4v) is 3.18. The number of nitrogens with zero attached hydrogens (tertiary/aromatic N) is 1. The van der Waals surface area contributed by atoms with Crippen LogP contribution >= 0.6 is 0 Å². The van der Waals surface area contributed by atoms with E-state index in [4.69, 9.17) is 5.11 Å². The van der Waals surface area contributed by atoms with Gasteiger partial charge in [-0.3, -0.25) is 14.5 Å². The number of amides is 2. The summed E-state index contributed by atoms with van der Waals surface area (Å²) in [5.74, 6) is -0.430. The molecule has 0 saturated carbocycles. The van der Waals surface area contributed by atoms with Gasteiger partial charge in [-0.2, -0.15) is 0 Å². The number of aryl methyl sites for hydroxylation is 3. The SMILES string of the molecule is Cc1cc(C)c(NC(=O)CNC(=O)CN(CCCO)CC(C)(C)C)c(C)c1. The molecule has 2 amide bonds. The van der Waals surface area contributed by atoms with Gasteiger partial charge in [-0.15, -0.1) is 0 Å². The third kappa shape index (κ3) is 9.02. The third-order valence-corrected chi connectivity index (χ3v) is 4.09. The lowest BCUT2D eigenvalue weighted by molar-refractivity contribution is -0.125. The van der Waals surface area contributed by atoms with Crippen LogP contribution in [0.4, 0.5) is 5.69 Å². The van der Waals surface area contributed by atoms with E-state index in [1.807, 2.05) is 37.8 Å². The minimum atomic E-state index is -0.240. The molecule has 3 N–H and O–H groups in total. The van der Waals surface area contributed by atoms with Crippen molar-refractivity contribution in [3.63, 3.8) is 0 Å². The van der Waals surface area contributed by atoms with Crippen molar-refractivity contribution in [2.75, 3.05) is 38.1 Å². The Labute approximate surface area is 163 Å². The molecule has 6 nitrogen and oxygen atoms in total. The zero-order valence-corrected chi connectivity index (χ0v) is 17.6. The first kappa shape index (κ1) is 23.1. The molecule has 0 spiro atoms. The topological polar surface area (TPSA) is 81.7 Å². The van der Waals surface area contributed by atoms with Gasteiger partial charge in [0.25, 0.3) is 0 Å². The summed E-state index contributed by atoms with van der Waals surface area (Å²) < 4.78 is 0. The van der Waals surface area contributed by atoms with Gasteiger partial charge < -0.3 is 15.7 Å². The number of rotatable bonds is 9. The first-order valence-electron chi connectivity index (χ1n) is 9.49. The van der Waals surface area contributed by atoms with Gasteiger partial charge in [-0.25, -0.2) is 0 Å². The van der Waals surface area contributed by atoms with Crippen molar-refractivity contribution in [3.8, 4) is 0 Å². The van der Waals surface area contributed by atoms with E-state index in [-0.39, 0.29) is 36.9 Å². The fourth-order valence-electron chi connectivity index (χ4n) is 3.18. The Bertz CT molecular complexity index is 628. The van der Waals surface area contributed by atoms with Crippen LogP contribution in [0.15, 0.2) is 12.1 Å². The largest absolute Gasteiger partial charge is 0.396 e. The van der Waals surface area contributed by atoms with Crippen molar-refractivity contribution < 1.29 is 14.7 Å². The molecule has 0 heterocycles. The summed E-state index contributed by atoms with van der Waals surface area (Å²) in [6, 6.07) is 4.04. The van der Waals surface area contributed by atoms with Crippen LogP contribution < -0.4 is 10.6 Å². The summed E-state index contributed by atoms with van der Waals surface area (Å²) in [7, 11) is 0. The van der Waals surface area contributed by atoms with Crippen LogP contribution in [-0.4, -0.2) is 54.6 Å². The number of hydrogen-bond donors (Lipinski definition) is 3. The number of carbonyl (C=O) groups excluding carboxylic acids is 2. The van der Waals surface area contributed by atoms with Crippen molar-refractivity contribution in [1.82, 2.24) is 10.2 Å². The molecule has 0 atom stereocenters. The van der Waals surface area contributed by atoms with E-state index in [1.54, 1.807) is 0 Å². The molecule has 0 aliphatic rings. The summed E-state index contributed by atoms with van der Waals surface area (Å²) in [6.07, 6.45) is 0.621. The second-order valence-electron chi connectivity index (χ2n) is 8.45. The fraction of sp³-hybridized carbons (Fsp3) is 0.619. The molecule has 0 aromatic heterocycles. The molecule has 1 aromatic rings. The average Bonchev–Trinajstić information content (AvgIpc) is 2.52. The molecular weight excluding hydrogens is 342 g/mol. The molecular formula is C21H35N3O3. The standard InChI is InChI=1S/C21H35N3O3/c1-15-10-16(2)20(17(3)11-15)23-18(26)12-22-19(27)13-24(8-7-9-25)14-21(4,5)6/h10-11,25H,7-9,12-14H2,1-6H3,(H,22,27)(H,23,26). The van der Waals surface area contributed by atoms with Crippen molar-refractivity contribution in [2.24, 2.45) is 5.41 Å². The van der Waals surface area contributed by atoms with Crippen LogP contribution in [0.1, 0.15) is 43.9 Å². The number of aliphatic hydroxyl groups is 1. The van der Waals surface area contributed by atoms with Gasteiger partial charge in [0.05, 0.1) is 13.1 Å². The predicted octanol–water partition coefficient (Wildman–Crippen LogP) is 2.40.